The van der Waals surface area contributed by atoms with Crippen LogP contribution in [0.3, 0.4) is 0 Å². The highest BCUT2D eigenvalue weighted by Crippen LogP contribution is 2.38. The van der Waals surface area contributed by atoms with Crippen LogP contribution in [-0.2, 0) is 9.53 Å². The van der Waals surface area contributed by atoms with Crippen molar-refractivity contribution in [2.45, 2.75) is 78.2 Å². The summed E-state index contributed by atoms with van der Waals surface area (Å²) in [6.45, 7) is 10.1. The van der Waals surface area contributed by atoms with Gasteiger partial charge in [-0.05, 0) is 51.0 Å². The molecule has 0 bridgehead atoms. The molecule has 0 aliphatic heterocycles. The number of carbonyl (C=O) groups excluding carboxylic acids is 1. The number of hydrogen-bond donors (Lipinski definition) is 1. The van der Waals surface area contributed by atoms with Crippen LogP contribution in [-0.4, -0.2) is 24.7 Å². The van der Waals surface area contributed by atoms with E-state index in [-0.39, 0.29) is 11.5 Å². The SMILES string of the molecule is CCCNC1(CC(=O)OCC)CCCC(CC(C)C)C1. The molecule has 0 amide bonds. The van der Waals surface area contributed by atoms with E-state index in [0.29, 0.717) is 13.0 Å². The van der Waals surface area contributed by atoms with Gasteiger partial charge in [0.1, 0.15) is 0 Å². The minimum Gasteiger partial charge on any atom is -0.466 e. The van der Waals surface area contributed by atoms with Crippen LogP contribution in [0.5, 0.6) is 0 Å². The van der Waals surface area contributed by atoms with Gasteiger partial charge >= 0.3 is 5.97 Å². The third-order valence-corrected chi connectivity index (χ3v) is 4.29. The Hall–Kier alpha value is -0.570. The molecule has 0 radical (unpaired) electrons. The monoisotopic (exact) mass is 283 g/mol. The molecular formula is C17H33NO2. The molecule has 1 rings (SSSR count). The van der Waals surface area contributed by atoms with Gasteiger partial charge in [0, 0.05) is 5.54 Å². The fourth-order valence-corrected chi connectivity index (χ4v) is 3.62. The van der Waals surface area contributed by atoms with Crippen molar-refractivity contribution in [2.75, 3.05) is 13.2 Å². The fraction of sp³-hybridized carbons (Fsp3) is 0.941. The maximum absolute atomic E-state index is 11.9. The van der Waals surface area contributed by atoms with E-state index >= 15 is 0 Å². The van der Waals surface area contributed by atoms with Gasteiger partial charge in [-0.25, -0.2) is 0 Å². The number of carbonyl (C=O) groups is 1. The van der Waals surface area contributed by atoms with E-state index in [4.69, 9.17) is 4.74 Å². The van der Waals surface area contributed by atoms with Crippen LogP contribution in [0.1, 0.15) is 72.6 Å². The minimum atomic E-state index is -0.0405. The van der Waals surface area contributed by atoms with Crippen molar-refractivity contribution < 1.29 is 9.53 Å². The molecule has 0 aromatic heterocycles. The second-order valence-corrected chi connectivity index (χ2v) is 6.78. The molecule has 1 saturated carbocycles. The van der Waals surface area contributed by atoms with E-state index in [0.717, 1.165) is 37.6 Å². The minimum absolute atomic E-state index is 0.0138. The maximum Gasteiger partial charge on any atom is 0.307 e. The zero-order chi connectivity index (χ0) is 15.0. The Kier molecular flexibility index (Phi) is 7.57. The summed E-state index contributed by atoms with van der Waals surface area (Å²) in [7, 11) is 0. The highest BCUT2D eigenvalue weighted by molar-refractivity contribution is 5.71. The number of esters is 1. The Morgan fingerprint density at radius 1 is 1.40 bits per heavy atom. The van der Waals surface area contributed by atoms with Crippen LogP contribution in [0.25, 0.3) is 0 Å². The van der Waals surface area contributed by atoms with Crippen LogP contribution in [0.4, 0.5) is 0 Å². The van der Waals surface area contributed by atoms with Crippen molar-refractivity contribution in [1.29, 1.82) is 0 Å². The topological polar surface area (TPSA) is 38.3 Å². The Morgan fingerprint density at radius 3 is 2.75 bits per heavy atom. The number of hydrogen-bond acceptors (Lipinski definition) is 3. The molecule has 2 atom stereocenters. The van der Waals surface area contributed by atoms with Gasteiger partial charge in [-0.3, -0.25) is 4.79 Å². The molecule has 1 aliphatic carbocycles. The predicted octanol–water partition coefficient (Wildman–Crippen LogP) is 3.91. The van der Waals surface area contributed by atoms with Crippen LogP contribution < -0.4 is 5.32 Å². The van der Waals surface area contributed by atoms with E-state index < -0.39 is 0 Å². The van der Waals surface area contributed by atoms with Gasteiger partial charge in [0.15, 0.2) is 0 Å². The standard InChI is InChI=1S/C17H33NO2/c1-5-10-18-17(13-16(19)20-6-2)9-7-8-15(12-17)11-14(3)4/h14-15,18H,5-13H2,1-4H3. The average Bonchev–Trinajstić information content (AvgIpc) is 2.36. The van der Waals surface area contributed by atoms with Crippen molar-refractivity contribution >= 4 is 5.97 Å². The quantitative estimate of drug-likeness (QED) is 0.686. The molecule has 3 heteroatoms. The zero-order valence-corrected chi connectivity index (χ0v) is 13.8. The lowest BCUT2D eigenvalue weighted by Crippen LogP contribution is -2.50. The second kappa shape index (κ2) is 8.66. The second-order valence-electron chi connectivity index (χ2n) is 6.78. The molecule has 1 N–H and O–H groups in total. The largest absolute Gasteiger partial charge is 0.466 e. The Morgan fingerprint density at radius 2 is 2.15 bits per heavy atom. The van der Waals surface area contributed by atoms with Gasteiger partial charge in [-0.1, -0.05) is 33.6 Å². The highest BCUT2D eigenvalue weighted by atomic mass is 16.5. The summed E-state index contributed by atoms with van der Waals surface area (Å²) < 4.78 is 5.19. The van der Waals surface area contributed by atoms with E-state index in [9.17, 15) is 4.79 Å². The highest BCUT2D eigenvalue weighted by Gasteiger charge is 2.38. The van der Waals surface area contributed by atoms with E-state index in [1.807, 2.05) is 6.92 Å². The lowest BCUT2D eigenvalue weighted by atomic mass is 9.71. The first-order valence-corrected chi connectivity index (χ1v) is 8.42. The molecular weight excluding hydrogens is 250 g/mol. The predicted molar refractivity (Wildman–Crippen MR) is 83.7 cm³/mol. The first-order valence-electron chi connectivity index (χ1n) is 8.42. The summed E-state index contributed by atoms with van der Waals surface area (Å²) in [5.41, 5.74) is -0.0138. The van der Waals surface area contributed by atoms with Gasteiger partial charge in [0.25, 0.3) is 0 Å². The smallest absolute Gasteiger partial charge is 0.307 e. The van der Waals surface area contributed by atoms with Crippen molar-refractivity contribution in [3.05, 3.63) is 0 Å². The Bertz CT molecular complexity index is 291. The molecule has 0 saturated heterocycles. The number of rotatable bonds is 8. The molecule has 0 heterocycles. The molecule has 1 fully saturated rings. The normalized spacial score (nSPS) is 26.8. The summed E-state index contributed by atoms with van der Waals surface area (Å²) in [6, 6.07) is 0. The van der Waals surface area contributed by atoms with Crippen molar-refractivity contribution in [2.24, 2.45) is 11.8 Å². The molecule has 2 unspecified atom stereocenters. The summed E-state index contributed by atoms with van der Waals surface area (Å²) in [5.74, 6) is 1.45. The Labute approximate surface area is 124 Å². The molecule has 0 aromatic rings. The zero-order valence-electron chi connectivity index (χ0n) is 13.8. The van der Waals surface area contributed by atoms with E-state index in [1.165, 1.54) is 19.3 Å². The van der Waals surface area contributed by atoms with Gasteiger partial charge in [0.05, 0.1) is 13.0 Å². The van der Waals surface area contributed by atoms with Crippen molar-refractivity contribution in [3.63, 3.8) is 0 Å². The fourth-order valence-electron chi connectivity index (χ4n) is 3.62. The first-order chi connectivity index (χ1) is 9.51. The van der Waals surface area contributed by atoms with E-state index in [2.05, 4.69) is 26.1 Å². The molecule has 20 heavy (non-hydrogen) atoms. The molecule has 0 spiro atoms. The summed E-state index contributed by atoms with van der Waals surface area (Å²) >= 11 is 0. The average molecular weight is 283 g/mol. The van der Waals surface area contributed by atoms with Crippen LogP contribution in [0.15, 0.2) is 0 Å². The summed E-state index contributed by atoms with van der Waals surface area (Å²) in [5, 5.41) is 3.68. The van der Waals surface area contributed by atoms with Gasteiger partial charge < -0.3 is 10.1 Å². The molecule has 1 aliphatic rings. The van der Waals surface area contributed by atoms with Crippen molar-refractivity contribution in [3.8, 4) is 0 Å². The molecule has 0 aromatic carbocycles. The summed E-state index contributed by atoms with van der Waals surface area (Å²) in [4.78, 5) is 11.9. The summed E-state index contributed by atoms with van der Waals surface area (Å²) in [6.07, 6.45) is 7.71. The van der Waals surface area contributed by atoms with E-state index in [1.54, 1.807) is 0 Å². The molecule has 118 valence electrons. The third kappa shape index (κ3) is 5.82. The third-order valence-electron chi connectivity index (χ3n) is 4.29. The van der Waals surface area contributed by atoms with Crippen LogP contribution in [0.2, 0.25) is 0 Å². The maximum atomic E-state index is 11.9. The Balaban J connectivity index is 2.68. The van der Waals surface area contributed by atoms with Crippen LogP contribution in [0, 0.1) is 11.8 Å². The number of ether oxygens (including phenoxy) is 1. The molecule has 3 nitrogen and oxygen atoms in total. The van der Waals surface area contributed by atoms with Gasteiger partial charge in [-0.15, -0.1) is 0 Å². The number of nitrogens with one attached hydrogen (secondary N) is 1. The lowest BCUT2D eigenvalue weighted by molar-refractivity contribution is -0.145. The van der Waals surface area contributed by atoms with Crippen molar-refractivity contribution in [1.82, 2.24) is 5.32 Å². The van der Waals surface area contributed by atoms with Crippen LogP contribution >= 0.6 is 0 Å². The first kappa shape index (κ1) is 17.5. The van der Waals surface area contributed by atoms with Gasteiger partial charge in [-0.2, -0.15) is 0 Å². The lowest BCUT2D eigenvalue weighted by Gasteiger charge is -2.42. The van der Waals surface area contributed by atoms with Gasteiger partial charge in [0.2, 0.25) is 0 Å².